The number of hydrogen-bond acceptors (Lipinski definition) is 5. The van der Waals surface area contributed by atoms with Crippen LogP contribution in [0.2, 0.25) is 0 Å². The smallest absolute Gasteiger partial charge is 0.218 e. The van der Waals surface area contributed by atoms with Crippen LogP contribution in [0.3, 0.4) is 0 Å². The van der Waals surface area contributed by atoms with Crippen LogP contribution in [0.25, 0.3) is 0 Å². The summed E-state index contributed by atoms with van der Waals surface area (Å²) in [4.78, 5) is 8.75. The largest absolute Gasteiger partial charge is 0.481 e. The Kier molecular flexibility index (Phi) is 5.69. The topological polar surface area (TPSA) is 56.3 Å². The normalized spacial score (nSPS) is 10.6. The summed E-state index contributed by atoms with van der Waals surface area (Å²) in [6.45, 7) is 5.64. The SMILES string of the molecule is COCCNc1cc(OC)nc(CC(C)C)n1. The van der Waals surface area contributed by atoms with E-state index in [1.54, 1.807) is 20.3 Å². The highest BCUT2D eigenvalue weighted by atomic mass is 16.5. The Morgan fingerprint density at radius 1 is 1.29 bits per heavy atom. The van der Waals surface area contributed by atoms with Crippen molar-refractivity contribution in [2.45, 2.75) is 20.3 Å². The first-order chi connectivity index (χ1) is 8.15. The highest BCUT2D eigenvalue weighted by Crippen LogP contribution is 2.15. The van der Waals surface area contributed by atoms with Gasteiger partial charge in [-0.05, 0) is 5.92 Å². The number of rotatable bonds is 7. The third-order valence-electron chi connectivity index (χ3n) is 2.16. The molecule has 5 heteroatoms. The molecule has 0 aliphatic heterocycles. The molecule has 0 atom stereocenters. The fourth-order valence-corrected chi connectivity index (χ4v) is 1.41. The van der Waals surface area contributed by atoms with Crippen LogP contribution in [0, 0.1) is 5.92 Å². The highest BCUT2D eigenvalue weighted by molar-refractivity contribution is 5.38. The van der Waals surface area contributed by atoms with Crippen molar-refractivity contribution < 1.29 is 9.47 Å². The fraction of sp³-hybridized carbons (Fsp3) is 0.667. The predicted octanol–water partition coefficient (Wildman–Crippen LogP) is 1.74. The molecule has 0 aliphatic rings. The highest BCUT2D eigenvalue weighted by Gasteiger charge is 2.06. The summed E-state index contributed by atoms with van der Waals surface area (Å²) in [5.74, 6) is 2.70. The average molecular weight is 239 g/mol. The number of nitrogens with one attached hydrogen (secondary N) is 1. The van der Waals surface area contributed by atoms with E-state index in [1.807, 2.05) is 0 Å². The maximum Gasteiger partial charge on any atom is 0.218 e. The van der Waals surface area contributed by atoms with Gasteiger partial charge in [0.25, 0.3) is 0 Å². The van der Waals surface area contributed by atoms with Crippen molar-refractivity contribution in [1.29, 1.82) is 0 Å². The average Bonchev–Trinajstić information content (AvgIpc) is 2.28. The molecular formula is C12H21N3O2. The van der Waals surface area contributed by atoms with Gasteiger partial charge >= 0.3 is 0 Å². The maximum absolute atomic E-state index is 5.16. The molecule has 1 heterocycles. The lowest BCUT2D eigenvalue weighted by atomic mass is 10.1. The molecule has 17 heavy (non-hydrogen) atoms. The number of aromatic nitrogens is 2. The molecule has 0 bridgehead atoms. The molecule has 0 unspecified atom stereocenters. The van der Waals surface area contributed by atoms with E-state index < -0.39 is 0 Å². The van der Waals surface area contributed by atoms with Crippen LogP contribution in [0.5, 0.6) is 5.88 Å². The predicted molar refractivity (Wildman–Crippen MR) is 67.5 cm³/mol. The van der Waals surface area contributed by atoms with Crippen LogP contribution in [0.15, 0.2) is 6.07 Å². The summed E-state index contributed by atoms with van der Waals surface area (Å²) in [5, 5.41) is 3.18. The van der Waals surface area contributed by atoms with Crippen molar-refractivity contribution in [3.63, 3.8) is 0 Å². The summed E-state index contributed by atoms with van der Waals surface area (Å²) in [7, 11) is 3.28. The van der Waals surface area contributed by atoms with Gasteiger partial charge in [-0.15, -0.1) is 0 Å². The summed E-state index contributed by atoms with van der Waals surface area (Å²) < 4.78 is 10.1. The zero-order valence-electron chi connectivity index (χ0n) is 11.0. The molecule has 0 aliphatic carbocycles. The van der Waals surface area contributed by atoms with E-state index >= 15 is 0 Å². The molecule has 0 amide bonds. The van der Waals surface area contributed by atoms with E-state index in [0.29, 0.717) is 18.4 Å². The quantitative estimate of drug-likeness (QED) is 0.734. The Morgan fingerprint density at radius 3 is 2.65 bits per heavy atom. The van der Waals surface area contributed by atoms with Crippen LogP contribution in [0.1, 0.15) is 19.7 Å². The zero-order valence-corrected chi connectivity index (χ0v) is 11.0. The molecule has 5 nitrogen and oxygen atoms in total. The van der Waals surface area contributed by atoms with Crippen molar-refractivity contribution in [2.75, 3.05) is 32.7 Å². The van der Waals surface area contributed by atoms with Gasteiger partial charge in [0, 0.05) is 26.1 Å². The monoisotopic (exact) mass is 239 g/mol. The third-order valence-corrected chi connectivity index (χ3v) is 2.16. The third kappa shape index (κ3) is 4.99. The number of hydrogen-bond donors (Lipinski definition) is 1. The Hall–Kier alpha value is -1.36. The van der Waals surface area contributed by atoms with Crippen molar-refractivity contribution in [3.05, 3.63) is 11.9 Å². The van der Waals surface area contributed by atoms with Gasteiger partial charge in [-0.2, -0.15) is 4.98 Å². The summed E-state index contributed by atoms with van der Waals surface area (Å²) >= 11 is 0. The Bertz CT molecular complexity index is 343. The van der Waals surface area contributed by atoms with Gasteiger partial charge in [0.15, 0.2) is 0 Å². The lowest BCUT2D eigenvalue weighted by molar-refractivity contribution is 0.210. The van der Waals surface area contributed by atoms with E-state index in [1.165, 1.54) is 0 Å². The summed E-state index contributed by atoms with van der Waals surface area (Å²) in [6.07, 6.45) is 0.843. The van der Waals surface area contributed by atoms with E-state index in [4.69, 9.17) is 9.47 Å². The van der Waals surface area contributed by atoms with E-state index in [9.17, 15) is 0 Å². The first-order valence-electron chi connectivity index (χ1n) is 5.80. The van der Waals surface area contributed by atoms with E-state index in [-0.39, 0.29) is 0 Å². The summed E-state index contributed by atoms with van der Waals surface area (Å²) in [6, 6.07) is 1.79. The standard InChI is InChI=1S/C12H21N3O2/c1-9(2)7-11-14-10(13-5-6-16-3)8-12(15-11)17-4/h8-9H,5-7H2,1-4H3,(H,13,14,15). The van der Waals surface area contributed by atoms with Crippen LogP contribution in [-0.2, 0) is 11.2 Å². The van der Waals surface area contributed by atoms with Crippen LogP contribution in [0.4, 0.5) is 5.82 Å². The van der Waals surface area contributed by atoms with Crippen molar-refractivity contribution in [3.8, 4) is 5.88 Å². The van der Waals surface area contributed by atoms with E-state index in [2.05, 4.69) is 29.1 Å². The van der Waals surface area contributed by atoms with E-state index in [0.717, 1.165) is 24.6 Å². The lowest BCUT2D eigenvalue weighted by Crippen LogP contribution is -2.11. The van der Waals surface area contributed by atoms with Gasteiger partial charge in [-0.3, -0.25) is 0 Å². The van der Waals surface area contributed by atoms with Gasteiger partial charge in [0.2, 0.25) is 5.88 Å². The van der Waals surface area contributed by atoms with Crippen molar-refractivity contribution >= 4 is 5.82 Å². The molecule has 1 N–H and O–H groups in total. The van der Waals surface area contributed by atoms with Gasteiger partial charge in [-0.1, -0.05) is 13.8 Å². The van der Waals surface area contributed by atoms with Crippen molar-refractivity contribution in [1.82, 2.24) is 9.97 Å². The molecular weight excluding hydrogens is 218 g/mol. The molecule has 0 spiro atoms. The molecule has 0 saturated heterocycles. The van der Waals surface area contributed by atoms with Crippen LogP contribution >= 0.6 is 0 Å². The zero-order chi connectivity index (χ0) is 12.7. The minimum absolute atomic E-state index is 0.522. The molecule has 1 aromatic rings. The minimum atomic E-state index is 0.522. The number of anilines is 1. The number of ether oxygens (including phenoxy) is 2. The number of methoxy groups -OCH3 is 2. The maximum atomic E-state index is 5.16. The minimum Gasteiger partial charge on any atom is -0.481 e. The Labute approximate surface area is 103 Å². The van der Waals surface area contributed by atoms with Gasteiger partial charge in [-0.25, -0.2) is 4.98 Å². The number of nitrogens with zero attached hydrogens (tertiary/aromatic N) is 2. The molecule has 0 saturated carbocycles. The van der Waals surface area contributed by atoms with Gasteiger partial charge < -0.3 is 14.8 Å². The summed E-state index contributed by atoms with van der Waals surface area (Å²) in [5.41, 5.74) is 0. The van der Waals surface area contributed by atoms with Crippen LogP contribution in [-0.4, -0.2) is 37.3 Å². The molecule has 0 radical (unpaired) electrons. The second-order valence-corrected chi connectivity index (χ2v) is 4.23. The van der Waals surface area contributed by atoms with Crippen molar-refractivity contribution in [2.24, 2.45) is 5.92 Å². The van der Waals surface area contributed by atoms with Gasteiger partial charge in [0.05, 0.1) is 13.7 Å². The molecule has 0 aromatic carbocycles. The molecule has 96 valence electrons. The first-order valence-corrected chi connectivity index (χ1v) is 5.80. The second-order valence-electron chi connectivity index (χ2n) is 4.23. The second kappa shape index (κ2) is 7.06. The lowest BCUT2D eigenvalue weighted by Gasteiger charge is -2.10. The Balaban J connectivity index is 2.74. The fourth-order valence-electron chi connectivity index (χ4n) is 1.41. The van der Waals surface area contributed by atoms with Crippen LogP contribution < -0.4 is 10.1 Å². The Morgan fingerprint density at radius 2 is 2.06 bits per heavy atom. The van der Waals surface area contributed by atoms with Gasteiger partial charge in [0.1, 0.15) is 11.6 Å². The molecule has 1 rings (SSSR count). The molecule has 0 fully saturated rings. The molecule has 1 aromatic heterocycles. The first kappa shape index (κ1) is 13.7.